The Balaban J connectivity index is 1.56. The highest BCUT2D eigenvalue weighted by Crippen LogP contribution is 2.36. The molecule has 0 spiro atoms. The lowest BCUT2D eigenvalue weighted by Gasteiger charge is -2.20. The SMILES string of the molecule is O=c1cc(NCc2cccc(C(F)(F)F)c2)c2cc(C(c3ccc(Cl)cc3)c3ccc(Cl)cc3)ccc2[nH]1. The first-order chi connectivity index (χ1) is 18.2. The van der Waals surface area contributed by atoms with E-state index in [0.29, 0.717) is 26.8 Å². The molecule has 2 N–H and O–H groups in total. The number of fused-ring (bicyclic) bond motifs is 1. The Morgan fingerprint density at radius 1 is 0.763 bits per heavy atom. The fraction of sp³-hybridized carbons (Fsp3) is 0.100. The largest absolute Gasteiger partial charge is 0.416 e. The Hall–Kier alpha value is -3.74. The maximum Gasteiger partial charge on any atom is 0.416 e. The van der Waals surface area contributed by atoms with Gasteiger partial charge >= 0.3 is 6.18 Å². The van der Waals surface area contributed by atoms with Crippen molar-refractivity contribution in [3.63, 3.8) is 0 Å². The molecule has 0 saturated carbocycles. The molecule has 0 atom stereocenters. The van der Waals surface area contributed by atoms with Crippen LogP contribution in [0.2, 0.25) is 10.0 Å². The van der Waals surface area contributed by atoms with Gasteiger partial charge in [-0.2, -0.15) is 13.2 Å². The van der Waals surface area contributed by atoms with Gasteiger partial charge < -0.3 is 10.3 Å². The zero-order valence-electron chi connectivity index (χ0n) is 19.8. The number of anilines is 1. The van der Waals surface area contributed by atoms with E-state index in [4.69, 9.17) is 23.2 Å². The molecule has 5 rings (SSSR count). The summed E-state index contributed by atoms with van der Waals surface area (Å²) in [6, 6.07) is 27.5. The summed E-state index contributed by atoms with van der Waals surface area (Å²) in [6.07, 6.45) is -4.43. The molecule has 0 aliphatic rings. The highest BCUT2D eigenvalue weighted by molar-refractivity contribution is 6.30. The summed E-state index contributed by atoms with van der Waals surface area (Å²) in [5.41, 5.74) is 3.53. The molecule has 5 aromatic rings. The van der Waals surface area contributed by atoms with Gasteiger partial charge in [-0.15, -0.1) is 0 Å². The number of benzene rings is 4. The number of hydrogen-bond donors (Lipinski definition) is 2. The van der Waals surface area contributed by atoms with Crippen LogP contribution in [0.3, 0.4) is 0 Å². The number of halogens is 5. The van der Waals surface area contributed by atoms with Crippen molar-refractivity contribution in [2.24, 2.45) is 0 Å². The molecule has 4 aromatic carbocycles. The Morgan fingerprint density at radius 2 is 1.37 bits per heavy atom. The first kappa shape index (κ1) is 25.9. The number of hydrogen-bond acceptors (Lipinski definition) is 2. The second-order valence-corrected chi connectivity index (χ2v) is 9.81. The molecule has 0 fully saturated rings. The Labute approximate surface area is 226 Å². The van der Waals surface area contributed by atoms with E-state index in [1.54, 1.807) is 6.07 Å². The predicted octanol–water partition coefficient (Wildman–Crippen LogP) is 8.65. The van der Waals surface area contributed by atoms with Crippen molar-refractivity contribution < 1.29 is 13.2 Å². The molecule has 0 aliphatic carbocycles. The van der Waals surface area contributed by atoms with Gasteiger partial charge in [0, 0.05) is 39.6 Å². The third kappa shape index (κ3) is 5.72. The molecule has 0 bridgehead atoms. The van der Waals surface area contributed by atoms with Crippen LogP contribution >= 0.6 is 23.2 Å². The van der Waals surface area contributed by atoms with Crippen molar-refractivity contribution in [3.8, 4) is 0 Å². The average molecular weight is 553 g/mol. The summed E-state index contributed by atoms with van der Waals surface area (Å²) < 4.78 is 39.5. The molecular weight excluding hydrogens is 532 g/mol. The van der Waals surface area contributed by atoms with Crippen molar-refractivity contribution >= 4 is 39.8 Å². The molecule has 0 saturated heterocycles. The predicted molar refractivity (Wildman–Crippen MR) is 147 cm³/mol. The van der Waals surface area contributed by atoms with Crippen LogP contribution in [-0.2, 0) is 12.7 Å². The van der Waals surface area contributed by atoms with Crippen LogP contribution in [0.5, 0.6) is 0 Å². The van der Waals surface area contributed by atoms with E-state index in [0.717, 1.165) is 34.2 Å². The first-order valence-electron chi connectivity index (χ1n) is 11.8. The molecule has 0 unspecified atom stereocenters. The van der Waals surface area contributed by atoms with Crippen LogP contribution in [0, 0.1) is 0 Å². The monoisotopic (exact) mass is 552 g/mol. The van der Waals surface area contributed by atoms with Crippen LogP contribution in [0.1, 0.15) is 33.7 Å². The van der Waals surface area contributed by atoms with Gasteiger partial charge in [-0.05, 0) is 70.8 Å². The van der Waals surface area contributed by atoms with Gasteiger partial charge in [-0.1, -0.05) is 65.7 Å². The van der Waals surface area contributed by atoms with Gasteiger partial charge in [-0.3, -0.25) is 4.79 Å². The summed E-state index contributed by atoms with van der Waals surface area (Å²) in [6.45, 7) is 0.116. The molecule has 1 aromatic heterocycles. The fourth-order valence-electron chi connectivity index (χ4n) is 4.54. The topological polar surface area (TPSA) is 44.9 Å². The summed E-state index contributed by atoms with van der Waals surface area (Å²) >= 11 is 12.3. The van der Waals surface area contributed by atoms with E-state index in [-0.39, 0.29) is 18.0 Å². The normalized spacial score (nSPS) is 11.7. The zero-order chi connectivity index (χ0) is 26.9. The smallest absolute Gasteiger partial charge is 0.380 e. The summed E-state index contributed by atoms with van der Waals surface area (Å²) in [4.78, 5) is 15.2. The molecule has 1 heterocycles. The molecule has 0 amide bonds. The van der Waals surface area contributed by atoms with Crippen molar-refractivity contribution in [1.29, 1.82) is 0 Å². The molecule has 38 heavy (non-hydrogen) atoms. The van der Waals surface area contributed by atoms with Gasteiger partial charge in [0.05, 0.1) is 11.1 Å². The van der Waals surface area contributed by atoms with E-state index < -0.39 is 11.7 Å². The lowest BCUT2D eigenvalue weighted by atomic mass is 9.84. The molecule has 192 valence electrons. The Kier molecular flexibility index (Phi) is 7.19. The number of nitrogens with one attached hydrogen (secondary N) is 2. The van der Waals surface area contributed by atoms with E-state index in [9.17, 15) is 18.0 Å². The van der Waals surface area contributed by atoms with E-state index >= 15 is 0 Å². The third-order valence-electron chi connectivity index (χ3n) is 6.34. The summed E-state index contributed by atoms with van der Waals surface area (Å²) in [7, 11) is 0. The van der Waals surface area contributed by atoms with Crippen molar-refractivity contribution in [1.82, 2.24) is 4.98 Å². The second kappa shape index (κ2) is 10.6. The van der Waals surface area contributed by atoms with Crippen molar-refractivity contribution in [2.45, 2.75) is 18.6 Å². The lowest BCUT2D eigenvalue weighted by Crippen LogP contribution is -2.10. The number of rotatable bonds is 6. The molecule has 0 aliphatic heterocycles. The molecule has 3 nitrogen and oxygen atoms in total. The lowest BCUT2D eigenvalue weighted by molar-refractivity contribution is -0.137. The van der Waals surface area contributed by atoms with Gasteiger partial charge in [0.25, 0.3) is 0 Å². The second-order valence-electron chi connectivity index (χ2n) is 8.94. The number of aromatic amines is 1. The highest BCUT2D eigenvalue weighted by Gasteiger charge is 2.30. The zero-order valence-corrected chi connectivity index (χ0v) is 21.3. The summed E-state index contributed by atoms with van der Waals surface area (Å²) in [5, 5.41) is 5.15. The highest BCUT2D eigenvalue weighted by atomic mass is 35.5. The minimum Gasteiger partial charge on any atom is -0.380 e. The van der Waals surface area contributed by atoms with Gasteiger partial charge in [0.15, 0.2) is 0 Å². The number of H-pyrrole nitrogens is 1. The number of pyridine rings is 1. The van der Waals surface area contributed by atoms with E-state index in [2.05, 4.69) is 10.3 Å². The Morgan fingerprint density at radius 3 is 1.97 bits per heavy atom. The van der Waals surface area contributed by atoms with Gasteiger partial charge in [0.1, 0.15) is 0 Å². The fourth-order valence-corrected chi connectivity index (χ4v) is 4.79. The maximum atomic E-state index is 13.2. The van der Waals surface area contributed by atoms with Crippen LogP contribution < -0.4 is 10.9 Å². The third-order valence-corrected chi connectivity index (χ3v) is 6.85. The number of alkyl halides is 3. The minimum absolute atomic E-state index is 0.116. The maximum absolute atomic E-state index is 13.2. The summed E-state index contributed by atoms with van der Waals surface area (Å²) in [5.74, 6) is -0.155. The van der Waals surface area contributed by atoms with Crippen molar-refractivity contribution in [3.05, 3.63) is 145 Å². The molecular formula is C30H21Cl2F3N2O. The van der Waals surface area contributed by atoms with E-state index in [1.165, 1.54) is 12.1 Å². The van der Waals surface area contributed by atoms with E-state index in [1.807, 2.05) is 66.7 Å². The standard InChI is InChI=1S/C30H21Cl2F3N2O/c31-23-9-4-19(5-10-23)29(20-6-11-24(32)12-7-20)21-8-13-26-25(15-21)27(16-28(38)37-26)36-17-18-2-1-3-22(14-18)30(33,34)35/h1-16,29H,17H2,(H2,36,37,38). The average Bonchev–Trinajstić information content (AvgIpc) is 2.89. The Bertz CT molecular complexity index is 1600. The molecule has 8 heteroatoms. The molecule has 0 radical (unpaired) electrons. The quantitative estimate of drug-likeness (QED) is 0.207. The van der Waals surface area contributed by atoms with Gasteiger partial charge in [-0.25, -0.2) is 0 Å². The van der Waals surface area contributed by atoms with Gasteiger partial charge in [0.2, 0.25) is 5.56 Å². The first-order valence-corrected chi connectivity index (χ1v) is 12.5. The number of aromatic nitrogens is 1. The minimum atomic E-state index is -4.43. The van der Waals surface area contributed by atoms with Crippen LogP contribution in [0.4, 0.5) is 18.9 Å². The van der Waals surface area contributed by atoms with Crippen LogP contribution in [0.25, 0.3) is 10.9 Å². The van der Waals surface area contributed by atoms with Crippen molar-refractivity contribution in [2.75, 3.05) is 5.32 Å². The van der Waals surface area contributed by atoms with Crippen LogP contribution in [0.15, 0.2) is 102 Å². The van der Waals surface area contributed by atoms with Crippen LogP contribution in [-0.4, -0.2) is 4.98 Å².